The van der Waals surface area contributed by atoms with Crippen LogP contribution in [0.25, 0.3) is 0 Å². The maximum atomic E-state index is 4.49. The Hall–Kier alpha value is -3.08. The van der Waals surface area contributed by atoms with Crippen LogP contribution in [0.5, 0.6) is 0 Å². The molecule has 0 bridgehead atoms. The molecule has 0 saturated carbocycles. The second-order valence-electron chi connectivity index (χ2n) is 4.70. The number of benzene rings is 1. The van der Waals surface area contributed by atoms with Gasteiger partial charge in [0, 0.05) is 23.5 Å². The molecule has 0 aliphatic heterocycles. The van der Waals surface area contributed by atoms with E-state index in [0.717, 1.165) is 22.7 Å². The van der Waals surface area contributed by atoms with Gasteiger partial charge < -0.3 is 0 Å². The van der Waals surface area contributed by atoms with E-state index in [1.54, 1.807) is 6.20 Å². The van der Waals surface area contributed by atoms with Crippen LogP contribution in [0.4, 0.5) is 5.82 Å². The predicted octanol–water partition coefficient (Wildman–Crippen LogP) is 3.04. The van der Waals surface area contributed by atoms with Gasteiger partial charge in [-0.1, -0.05) is 36.4 Å². The van der Waals surface area contributed by atoms with Crippen molar-refractivity contribution in [1.82, 2.24) is 15.0 Å². The molecule has 0 fully saturated rings. The predicted molar refractivity (Wildman–Crippen MR) is 86.7 cm³/mol. The molecule has 0 aliphatic carbocycles. The van der Waals surface area contributed by atoms with Crippen LogP contribution in [0.1, 0.15) is 17.0 Å². The standard InChI is InChI=1S/C17H15N5/c1-13-11-16(20-12-19-13)21-22-17(14-7-3-2-4-8-14)15-9-5-6-10-18-15/h2-12H,1H3,(H,19,20,21)/b22-17-. The normalized spacial score (nSPS) is 11.2. The fraction of sp³-hybridized carbons (Fsp3) is 0.0588. The molecular formula is C17H15N5. The number of rotatable bonds is 4. The summed E-state index contributed by atoms with van der Waals surface area (Å²) in [6, 6.07) is 17.5. The highest BCUT2D eigenvalue weighted by atomic mass is 15.3. The van der Waals surface area contributed by atoms with Gasteiger partial charge >= 0.3 is 0 Å². The number of nitrogens with one attached hydrogen (secondary N) is 1. The van der Waals surface area contributed by atoms with Gasteiger partial charge in [0.25, 0.3) is 0 Å². The van der Waals surface area contributed by atoms with Crippen molar-refractivity contribution in [2.24, 2.45) is 5.10 Å². The third-order valence-electron chi connectivity index (χ3n) is 3.04. The molecule has 0 amide bonds. The van der Waals surface area contributed by atoms with Crippen molar-refractivity contribution in [1.29, 1.82) is 0 Å². The van der Waals surface area contributed by atoms with Crippen molar-refractivity contribution in [2.75, 3.05) is 5.43 Å². The minimum atomic E-state index is 0.650. The van der Waals surface area contributed by atoms with Gasteiger partial charge in [-0.05, 0) is 19.1 Å². The van der Waals surface area contributed by atoms with Gasteiger partial charge in [0.1, 0.15) is 17.9 Å². The molecule has 0 aliphatic rings. The van der Waals surface area contributed by atoms with Gasteiger partial charge in [-0.25, -0.2) is 9.97 Å². The van der Waals surface area contributed by atoms with E-state index >= 15 is 0 Å². The molecule has 3 aromatic rings. The molecule has 0 atom stereocenters. The minimum Gasteiger partial charge on any atom is -0.261 e. The summed E-state index contributed by atoms with van der Waals surface area (Å²) in [4.78, 5) is 12.6. The Bertz CT molecular complexity index is 728. The molecule has 0 spiro atoms. The third-order valence-corrected chi connectivity index (χ3v) is 3.04. The van der Waals surface area contributed by atoms with Crippen LogP contribution in [0, 0.1) is 6.92 Å². The summed E-state index contributed by atoms with van der Waals surface area (Å²) >= 11 is 0. The van der Waals surface area contributed by atoms with Crippen LogP contribution >= 0.6 is 0 Å². The van der Waals surface area contributed by atoms with Gasteiger partial charge in [0.2, 0.25) is 0 Å². The Balaban J connectivity index is 1.97. The molecule has 2 aromatic heterocycles. The van der Waals surface area contributed by atoms with E-state index in [0.29, 0.717) is 5.82 Å². The summed E-state index contributed by atoms with van der Waals surface area (Å²) in [6.45, 7) is 1.91. The van der Waals surface area contributed by atoms with Crippen molar-refractivity contribution in [3.63, 3.8) is 0 Å². The van der Waals surface area contributed by atoms with Crippen molar-refractivity contribution in [3.05, 3.63) is 84.1 Å². The molecule has 3 rings (SSSR count). The molecule has 5 heteroatoms. The number of anilines is 1. The van der Waals surface area contributed by atoms with Crippen LogP contribution < -0.4 is 5.43 Å². The largest absolute Gasteiger partial charge is 0.261 e. The summed E-state index contributed by atoms with van der Waals surface area (Å²) < 4.78 is 0. The van der Waals surface area contributed by atoms with E-state index in [-0.39, 0.29) is 0 Å². The van der Waals surface area contributed by atoms with Crippen molar-refractivity contribution < 1.29 is 0 Å². The third kappa shape index (κ3) is 3.32. The topological polar surface area (TPSA) is 63.1 Å². The maximum absolute atomic E-state index is 4.49. The first-order valence-electron chi connectivity index (χ1n) is 6.92. The van der Waals surface area contributed by atoms with Crippen LogP contribution in [0.2, 0.25) is 0 Å². The van der Waals surface area contributed by atoms with Gasteiger partial charge in [0.05, 0.1) is 5.69 Å². The van der Waals surface area contributed by atoms with E-state index < -0.39 is 0 Å². The fourth-order valence-corrected chi connectivity index (χ4v) is 2.00. The van der Waals surface area contributed by atoms with Crippen molar-refractivity contribution in [2.45, 2.75) is 6.92 Å². The Labute approximate surface area is 128 Å². The molecule has 22 heavy (non-hydrogen) atoms. The summed E-state index contributed by atoms with van der Waals surface area (Å²) in [5.41, 5.74) is 6.41. The quantitative estimate of drug-likeness (QED) is 0.592. The zero-order valence-corrected chi connectivity index (χ0v) is 12.1. The number of hydrazone groups is 1. The number of pyridine rings is 1. The summed E-state index contributed by atoms with van der Waals surface area (Å²) in [5, 5.41) is 4.49. The van der Waals surface area contributed by atoms with E-state index in [4.69, 9.17) is 0 Å². The summed E-state index contributed by atoms with van der Waals surface area (Å²) in [6.07, 6.45) is 3.26. The lowest BCUT2D eigenvalue weighted by Crippen LogP contribution is -2.08. The lowest BCUT2D eigenvalue weighted by atomic mass is 10.1. The van der Waals surface area contributed by atoms with E-state index in [1.807, 2.05) is 61.5 Å². The van der Waals surface area contributed by atoms with E-state index in [2.05, 4.69) is 25.5 Å². The Morgan fingerprint density at radius 2 is 1.77 bits per heavy atom. The van der Waals surface area contributed by atoms with Gasteiger partial charge in [-0.2, -0.15) is 5.10 Å². The van der Waals surface area contributed by atoms with Crippen LogP contribution in [0.3, 0.4) is 0 Å². The van der Waals surface area contributed by atoms with Gasteiger partial charge in [-0.15, -0.1) is 0 Å². The first kappa shape index (κ1) is 13.9. The number of hydrogen-bond donors (Lipinski definition) is 1. The molecule has 1 N–H and O–H groups in total. The number of hydrogen-bond acceptors (Lipinski definition) is 5. The molecular weight excluding hydrogens is 274 g/mol. The van der Waals surface area contributed by atoms with Crippen LogP contribution in [-0.2, 0) is 0 Å². The first-order valence-corrected chi connectivity index (χ1v) is 6.92. The number of aromatic nitrogens is 3. The lowest BCUT2D eigenvalue weighted by Gasteiger charge is -2.07. The van der Waals surface area contributed by atoms with Gasteiger partial charge in [-0.3, -0.25) is 10.4 Å². The number of aryl methyl sites for hydroxylation is 1. The highest BCUT2D eigenvalue weighted by Gasteiger charge is 2.08. The monoisotopic (exact) mass is 289 g/mol. The average molecular weight is 289 g/mol. The van der Waals surface area contributed by atoms with Crippen LogP contribution in [-0.4, -0.2) is 20.7 Å². The zero-order valence-electron chi connectivity index (χ0n) is 12.1. The smallest absolute Gasteiger partial charge is 0.149 e. The van der Waals surface area contributed by atoms with Crippen molar-refractivity contribution >= 4 is 11.5 Å². The summed E-state index contributed by atoms with van der Waals surface area (Å²) in [7, 11) is 0. The Morgan fingerprint density at radius 3 is 2.50 bits per heavy atom. The van der Waals surface area contributed by atoms with E-state index in [1.165, 1.54) is 6.33 Å². The molecule has 0 saturated heterocycles. The average Bonchev–Trinajstić information content (AvgIpc) is 2.57. The highest BCUT2D eigenvalue weighted by Crippen LogP contribution is 2.10. The minimum absolute atomic E-state index is 0.650. The Kier molecular flexibility index (Phi) is 4.15. The molecule has 108 valence electrons. The molecule has 2 heterocycles. The first-order chi connectivity index (χ1) is 10.8. The van der Waals surface area contributed by atoms with Gasteiger partial charge in [0.15, 0.2) is 0 Å². The second kappa shape index (κ2) is 6.58. The lowest BCUT2D eigenvalue weighted by molar-refractivity contribution is 1.08. The van der Waals surface area contributed by atoms with E-state index in [9.17, 15) is 0 Å². The second-order valence-corrected chi connectivity index (χ2v) is 4.70. The molecule has 1 aromatic carbocycles. The SMILES string of the molecule is Cc1cc(N/N=C(/c2ccccc2)c2ccccn2)ncn1. The van der Waals surface area contributed by atoms with Crippen molar-refractivity contribution in [3.8, 4) is 0 Å². The number of nitrogens with zero attached hydrogens (tertiary/aromatic N) is 4. The summed E-state index contributed by atoms with van der Waals surface area (Å²) in [5.74, 6) is 0.650. The zero-order chi connectivity index (χ0) is 15.2. The molecule has 0 unspecified atom stereocenters. The maximum Gasteiger partial charge on any atom is 0.149 e. The van der Waals surface area contributed by atoms with Crippen LogP contribution in [0.15, 0.2) is 72.2 Å². The molecule has 5 nitrogen and oxygen atoms in total. The Morgan fingerprint density at radius 1 is 0.955 bits per heavy atom. The molecule has 0 radical (unpaired) electrons. The highest BCUT2D eigenvalue weighted by molar-refractivity contribution is 6.11. The fourth-order valence-electron chi connectivity index (χ4n) is 2.00.